The van der Waals surface area contributed by atoms with Crippen molar-refractivity contribution in [2.45, 2.75) is 25.9 Å². The van der Waals surface area contributed by atoms with Crippen molar-refractivity contribution in [3.63, 3.8) is 0 Å². The van der Waals surface area contributed by atoms with Gasteiger partial charge in [0.1, 0.15) is 11.6 Å². The second-order valence-electron chi connectivity index (χ2n) is 7.31. The third-order valence-electron chi connectivity index (χ3n) is 4.87. The predicted molar refractivity (Wildman–Crippen MR) is 129 cm³/mol. The van der Waals surface area contributed by atoms with Crippen molar-refractivity contribution in [2.75, 3.05) is 0 Å². The van der Waals surface area contributed by atoms with Crippen molar-refractivity contribution in [3.05, 3.63) is 128 Å². The summed E-state index contributed by atoms with van der Waals surface area (Å²) in [5.41, 5.74) is -2.91. The van der Waals surface area contributed by atoms with Crippen LogP contribution in [0.4, 0.5) is 8.78 Å². The van der Waals surface area contributed by atoms with Crippen molar-refractivity contribution in [1.29, 1.82) is 0 Å². The quantitative estimate of drug-likeness (QED) is 0.292. The molecule has 0 fully saturated rings. The number of aryl methyl sites for hydroxylation is 4. The van der Waals surface area contributed by atoms with Gasteiger partial charge in [0.05, 0.1) is 6.54 Å². The Hall–Kier alpha value is -4.20. The number of aromatic nitrogens is 6. The average molecular weight is 565 g/mol. The largest absolute Gasteiger partial charge is 0.344 e. The van der Waals surface area contributed by atoms with Crippen LogP contribution in [0.3, 0.4) is 0 Å². The number of H-pyrrole nitrogens is 3. The maximum atomic E-state index is 13.4. The summed E-state index contributed by atoms with van der Waals surface area (Å²) in [6.45, 7) is 0.265. The van der Waals surface area contributed by atoms with Gasteiger partial charge in [-0.2, -0.15) is 5.10 Å². The molecule has 14 heteroatoms. The van der Waals surface area contributed by atoms with Crippen LogP contribution in [0.15, 0.2) is 77.1 Å². The molecule has 0 saturated heterocycles. The van der Waals surface area contributed by atoms with Crippen LogP contribution in [0.1, 0.15) is 11.1 Å². The zero-order valence-electron chi connectivity index (χ0n) is 18.5. The van der Waals surface area contributed by atoms with E-state index in [1.54, 1.807) is 36.4 Å². The molecular formula is C22H19BrF2N6O5. The summed E-state index contributed by atoms with van der Waals surface area (Å²) in [6, 6.07) is 12.5. The Bertz CT molecular complexity index is 1660. The Balaban J connectivity index is 0.000000201. The van der Waals surface area contributed by atoms with Gasteiger partial charge in [0.2, 0.25) is 0 Å². The maximum absolute atomic E-state index is 13.4. The normalized spacial score (nSPS) is 10.5. The van der Waals surface area contributed by atoms with E-state index in [4.69, 9.17) is 0 Å². The molecular weight excluding hydrogens is 546 g/mol. The minimum absolute atomic E-state index is 0.0237. The molecule has 0 aliphatic carbocycles. The molecule has 11 nitrogen and oxygen atoms in total. The van der Waals surface area contributed by atoms with Crippen molar-refractivity contribution in [3.8, 4) is 0 Å². The summed E-state index contributed by atoms with van der Waals surface area (Å²) in [5.74, 6) is -0.702. The first kappa shape index (κ1) is 26.4. The fourth-order valence-electron chi connectivity index (χ4n) is 3.03. The van der Waals surface area contributed by atoms with Crippen LogP contribution in [-0.2, 0) is 25.9 Å². The number of hydrogen-bond acceptors (Lipinski definition) is 6. The first-order valence-electron chi connectivity index (χ1n) is 10.4. The molecule has 4 aromatic rings. The van der Waals surface area contributed by atoms with Crippen LogP contribution < -0.4 is 28.1 Å². The number of rotatable bonds is 6. The Morgan fingerprint density at radius 1 is 0.722 bits per heavy atom. The van der Waals surface area contributed by atoms with Gasteiger partial charge >= 0.3 is 22.5 Å². The smallest absolute Gasteiger partial charge is 0.270 e. The van der Waals surface area contributed by atoms with Crippen LogP contribution in [0.25, 0.3) is 0 Å². The number of halogens is 3. The predicted octanol–water partition coefficient (Wildman–Crippen LogP) is 0.683. The summed E-state index contributed by atoms with van der Waals surface area (Å²) in [4.78, 5) is 59.7. The van der Waals surface area contributed by atoms with Gasteiger partial charge in [0, 0.05) is 6.54 Å². The summed E-state index contributed by atoms with van der Waals surface area (Å²) >= 11 is 2.93. The van der Waals surface area contributed by atoms with E-state index >= 15 is 0 Å². The van der Waals surface area contributed by atoms with E-state index in [1.807, 2.05) is 4.98 Å². The molecule has 2 aromatic carbocycles. The lowest BCUT2D eigenvalue weighted by Gasteiger charge is -2.05. The summed E-state index contributed by atoms with van der Waals surface area (Å²) in [6.07, 6.45) is 0.548. The third kappa shape index (κ3) is 6.91. The number of hydrogen-bond donors (Lipinski definition) is 3. The maximum Gasteiger partial charge on any atom is 0.344 e. The average Bonchev–Trinajstić information content (AvgIpc) is 2.84. The van der Waals surface area contributed by atoms with Crippen molar-refractivity contribution in [1.82, 2.24) is 29.5 Å². The molecule has 0 unspecified atom stereocenters. The summed E-state index contributed by atoms with van der Waals surface area (Å²) in [7, 11) is 0. The lowest BCUT2D eigenvalue weighted by Crippen LogP contribution is -2.43. The summed E-state index contributed by atoms with van der Waals surface area (Å²) in [5, 5.41) is 5.89. The van der Waals surface area contributed by atoms with Crippen molar-refractivity contribution >= 4 is 15.9 Å². The number of nitrogens with one attached hydrogen (secondary N) is 3. The first-order chi connectivity index (χ1) is 17.2. The molecule has 188 valence electrons. The fraction of sp³-hybridized carbons (Fsp3) is 0.182. The molecule has 3 N–H and O–H groups in total. The van der Waals surface area contributed by atoms with Gasteiger partial charge in [0.15, 0.2) is 4.60 Å². The second kappa shape index (κ2) is 12.0. The minimum Gasteiger partial charge on any atom is -0.270 e. The number of aromatic amines is 3. The molecule has 0 radical (unpaired) electrons. The zero-order valence-corrected chi connectivity index (χ0v) is 20.1. The standard InChI is InChI=1S/C11H9BrFN3O2.C11H10FN3O3/c12-9-10(17)14-11(18)16(15-9)6-5-7-3-1-2-4-8(7)13;12-8-4-2-1-3-7(8)5-6-15-11(18)13-9(16)10(17)14-15/h1-4H,5-6H2,(H,14,17,18);1-4H,5-6H2,(H,14,17)(H,13,16,18). The monoisotopic (exact) mass is 564 g/mol. The Morgan fingerprint density at radius 2 is 1.25 bits per heavy atom. The van der Waals surface area contributed by atoms with Crippen molar-refractivity contribution < 1.29 is 8.78 Å². The zero-order chi connectivity index (χ0) is 26.2. The van der Waals surface area contributed by atoms with Gasteiger partial charge in [0.25, 0.3) is 5.56 Å². The molecule has 4 rings (SSSR count). The van der Waals surface area contributed by atoms with Gasteiger partial charge in [-0.15, -0.1) is 0 Å². The molecule has 36 heavy (non-hydrogen) atoms. The highest BCUT2D eigenvalue weighted by Gasteiger charge is 2.06. The molecule has 0 bridgehead atoms. The third-order valence-corrected chi connectivity index (χ3v) is 5.39. The van der Waals surface area contributed by atoms with Crippen LogP contribution in [0, 0.1) is 11.6 Å². The van der Waals surface area contributed by atoms with Gasteiger partial charge in [-0.3, -0.25) is 29.5 Å². The SMILES string of the molecule is O=c1[nH]c(=O)n(CCc2ccccc2F)[nH]c1=O.O=c1[nH]c(=O)n(CCc2ccccc2F)nc1Br. The van der Waals surface area contributed by atoms with Crippen molar-refractivity contribution in [2.24, 2.45) is 0 Å². The highest BCUT2D eigenvalue weighted by Crippen LogP contribution is 2.08. The number of nitrogens with zero attached hydrogens (tertiary/aromatic N) is 3. The van der Waals surface area contributed by atoms with E-state index in [0.717, 1.165) is 9.36 Å². The summed E-state index contributed by atoms with van der Waals surface area (Å²) < 4.78 is 28.7. The van der Waals surface area contributed by atoms with Crippen LogP contribution >= 0.6 is 15.9 Å². The first-order valence-corrected chi connectivity index (χ1v) is 11.2. The van der Waals surface area contributed by atoms with Crippen LogP contribution in [0.5, 0.6) is 0 Å². The molecule has 0 spiro atoms. The Morgan fingerprint density at radius 3 is 1.83 bits per heavy atom. The number of benzene rings is 2. The minimum atomic E-state index is -0.998. The van der Waals surface area contributed by atoms with Crippen LogP contribution in [-0.4, -0.2) is 29.5 Å². The van der Waals surface area contributed by atoms with Gasteiger partial charge in [-0.25, -0.2) is 27.7 Å². The highest BCUT2D eigenvalue weighted by molar-refractivity contribution is 9.10. The topological polar surface area (TPSA) is 155 Å². The van der Waals surface area contributed by atoms with E-state index in [-0.39, 0.29) is 35.7 Å². The van der Waals surface area contributed by atoms with Gasteiger partial charge in [-0.05, 0) is 52.0 Å². The van der Waals surface area contributed by atoms with Gasteiger partial charge < -0.3 is 0 Å². The second-order valence-corrected chi connectivity index (χ2v) is 8.06. The molecule has 0 atom stereocenters. The van der Waals surface area contributed by atoms with Gasteiger partial charge in [-0.1, -0.05) is 36.4 Å². The van der Waals surface area contributed by atoms with E-state index in [9.17, 15) is 32.8 Å². The fourth-order valence-corrected chi connectivity index (χ4v) is 3.32. The van der Waals surface area contributed by atoms with Crippen LogP contribution in [0.2, 0.25) is 0 Å². The Labute approximate surface area is 208 Å². The molecule has 0 aliphatic heterocycles. The Kier molecular flexibility index (Phi) is 8.78. The molecule has 2 aromatic heterocycles. The lowest BCUT2D eigenvalue weighted by molar-refractivity contribution is 0.529. The van der Waals surface area contributed by atoms with E-state index in [1.165, 1.54) is 12.1 Å². The molecule has 0 saturated carbocycles. The molecule has 0 aliphatic rings. The highest BCUT2D eigenvalue weighted by atomic mass is 79.9. The molecule has 2 heterocycles. The van der Waals surface area contributed by atoms with E-state index < -0.39 is 28.1 Å². The lowest BCUT2D eigenvalue weighted by atomic mass is 10.1. The molecule has 0 amide bonds. The van der Waals surface area contributed by atoms with E-state index in [2.05, 4.69) is 31.1 Å². The van der Waals surface area contributed by atoms with E-state index in [0.29, 0.717) is 17.5 Å².